The largest absolute Gasteiger partial charge is 0.464 e. The predicted molar refractivity (Wildman–Crippen MR) is 88.8 cm³/mol. The van der Waals surface area contributed by atoms with Crippen LogP contribution in [0.4, 0.5) is 0 Å². The lowest BCUT2D eigenvalue weighted by molar-refractivity contribution is -0.146. The zero-order valence-electron chi connectivity index (χ0n) is 13.2. The minimum Gasteiger partial charge on any atom is -0.464 e. The molecule has 0 bridgehead atoms. The van der Waals surface area contributed by atoms with Gasteiger partial charge >= 0.3 is 11.7 Å². The number of hydrogen-bond acceptors (Lipinski definition) is 3. The highest BCUT2D eigenvalue weighted by atomic mass is 35.5. The van der Waals surface area contributed by atoms with Crippen molar-refractivity contribution in [3.8, 4) is 11.3 Å². The molecule has 0 amide bonds. The number of benzene rings is 1. The van der Waals surface area contributed by atoms with Gasteiger partial charge in [0, 0.05) is 17.3 Å². The van der Waals surface area contributed by atoms with E-state index < -0.39 is 12.0 Å². The smallest absolute Gasteiger partial charge is 0.329 e. The molecule has 1 aromatic carbocycles. The molecule has 23 heavy (non-hydrogen) atoms. The van der Waals surface area contributed by atoms with Crippen molar-refractivity contribution in [2.75, 3.05) is 6.61 Å². The van der Waals surface area contributed by atoms with E-state index in [1.165, 1.54) is 4.57 Å². The third kappa shape index (κ3) is 3.06. The summed E-state index contributed by atoms with van der Waals surface area (Å²) in [5.74, 6) is -0.398. The van der Waals surface area contributed by atoms with Gasteiger partial charge in [0.2, 0.25) is 0 Å². The maximum atomic E-state index is 12.8. The number of halogens is 1. The molecule has 122 valence electrons. The molecule has 0 saturated heterocycles. The SMILES string of the molecule is CCOC(=O)C(C)n1cc(-c2ccc(Cl)cc2)n(C2CC2)c1=O. The lowest BCUT2D eigenvalue weighted by atomic mass is 10.1. The molecule has 1 heterocycles. The molecule has 0 spiro atoms. The third-order valence-electron chi connectivity index (χ3n) is 4.04. The highest BCUT2D eigenvalue weighted by Crippen LogP contribution is 2.37. The summed E-state index contributed by atoms with van der Waals surface area (Å²) in [6.45, 7) is 3.73. The molecule has 0 radical (unpaired) electrons. The van der Waals surface area contributed by atoms with E-state index in [1.807, 2.05) is 12.1 Å². The van der Waals surface area contributed by atoms with Gasteiger partial charge in [0.15, 0.2) is 0 Å². The van der Waals surface area contributed by atoms with Crippen molar-refractivity contribution in [2.24, 2.45) is 0 Å². The van der Waals surface area contributed by atoms with E-state index in [0.717, 1.165) is 24.1 Å². The van der Waals surface area contributed by atoms with Gasteiger partial charge in [-0.25, -0.2) is 9.59 Å². The van der Waals surface area contributed by atoms with E-state index in [4.69, 9.17) is 16.3 Å². The molecule has 1 saturated carbocycles. The lowest BCUT2D eigenvalue weighted by Gasteiger charge is -2.10. The van der Waals surface area contributed by atoms with E-state index in [1.54, 1.807) is 36.7 Å². The molecule has 6 heteroatoms. The summed E-state index contributed by atoms with van der Waals surface area (Å²) in [5.41, 5.74) is 1.55. The van der Waals surface area contributed by atoms with Gasteiger partial charge in [0.05, 0.1) is 12.3 Å². The standard InChI is InChI=1S/C17H19ClN2O3/c1-3-23-16(21)11(2)19-10-15(12-4-6-13(18)7-5-12)20(17(19)22)14-8-9-14/h4-7,10-11,14H,3,8-9H2,1-2H3. The van der Waals surface area contributed by atoms with E-state index in [2.05, 4.69) is 0 Å². The first-order valence-electron chi connectivity index (χ1n) is 7.79. The summed E-state index contributed by atoms with van der Waals surface area (Å²) in [4.78, 5) is 24.7. The molecule has 1 aliphatic rings. The van der Waals surface area contributed by atoms with Gasteiger partial charge < -0.3 is 4.74 Å². The average molecular weight is 335 g/mol. The van der Waals surface area contributed by atoms with Crippen molar-refractivity contribution in [2.45, 2.75) is 38.8 Å². The summed E-state index contributed by atoms with van der Waals surface area (Å²) in [5, 5.41) is 0.647. The topological polar surface area (TPSA) is 53.2 Å². The average Bonchev–Trinajstić information content (AvgIpc) is 3.31. The minimum absolute atomic E-state index is 0.169. The first-order chi connectivity index (χ1) is 11.0. The van der Waals surface area contributed by atoms with Gasteiger partial charge in [-0.2, -0.15) is 0 Å². The van der Waals surface area contributed by atoms with Gasteiger partial charge in [-0.15, -0.1) is 0 Å². The van der Waals surface area contributed by atoms with Crippen LogP contribution in [0, 0.1) is 0 Å². The molecule has 5 nitrogen and oxygen atoms in total. The molecular formula is C17H19ClN2O3. The Morgan fingerprint density at radius 3 is 2.57 bits per heavy atom. The van der Waals surface area contributed by atoms with Crippen LogP contribution < -0.4 is 5.69 Å². The first kappa shape index (κ1) is 15.9. The van der Waals surface area contributed by atoms with Crippen LogP contribution in [-0.2, 0) is 9.53 Å². The Balaban J connectivity index is 2.06. The molecule has 2 aromatic rings. The number of esters is 1. The second-order valence-corrected chi connectivity index (χ2v) is 6.18. The highest BCUT2D eigenvalue weighted by Gasteiger charge is 2.31. The molecular weight excluding hydrogens is 316 g/mol. The maximum absolute atomic E-state index is 12.8. The van der Waals surface area contributed by atoms with E-state index in [-0.39, 0.29) is 11.7 Å². The van der Waals surface area contributed by atoms with Gasteiger partial charge in [-0.1, -0.05) is 23.7 Å². The van der Waals surface area contributed by atoms with Crippen LogP contribution in [0.1, 0.15) is 38.8 Å². The van der Waals surface area contributed by atoms with Crippen LogP contribution in [0.5, 0.6) is 0 Å². The zero-order chi connectivity index (χ0) is 16.6. The Morgan fingerprint density at radius 1 is 1.35 bits per heavy atom. The number of ether oxygens (including phenoxy) is 1. The van der Waals surface area contributed by atoms with Gasteiger partial charge in [0.25, 0.3) is 0 Å². The highest BCUT2D eigenvalue weighted by molar-refractivity contribution is 6.30. The van der Waals surface area contributed by atoms with Crippen LogP contribution in [0.25, 0.3) is 11.3 Å². The van der Waals surface area contributed by atoms with Crippen LogP contribution in [0.15, 0.2) is 35.3 Å². The number of nitrogens with zero attached hydrogens (tertiary/aromatic N) is 2. The number of hydrogen-bond donors (Lipinski definition) is 0. The van der Waals surface area contributed by atoms with Crippen molar-refractivity contribution in [1.82, 2.24) is 9.13 Å². The first-order valence-corrected chi connectivity index (χ1v) is 8.16. The van der Waals surface area contributed by atoms with E-state index in [9.17, 15) is 9.59 Å². The molecule has 1 fully saturated rings. The normalized spacial score (nSPS) is 15.4. The number of rotatable bonds is 5. The summed E-state index contributed by atoms with van der Waals surface area (Å²) in [6, 6.07) is 6.93. The molecule has 1 unspecified atom stereocenters. The maximum Gasteiger partial charge on any atom is 0.329 e. The van der Waals surface area contributed by atoms with E-state index >= 15 is 0 Å². The van der Waals surface area contributed by atoms with Crippen LogP contribution >= 0.6 is 11.6 Å². The van der Waals surface area contributed by atoms with Gasteiger partial charge in [0.1, 0.15) is 6.04 Å². The van der Waals surface area contributed by atoms with Crippen molar-refractivity contribution < 1.29 is 9.53 Å². The fourth-order valence-electron chi connectivity index (χ4n) is 2.65. The van der Waals surface area contributed by atoms with Crippen molar-refractivity contribution in [3.63, 3.8) is 0 Å². The Bertz CT molecular complexity index is 772. The monoisotopic (exact) mass is 334 g/mol. The Hall–Kier alpha value is -2.01. The second kappa shape index (κ2) is 6.24. The van der Waals surface area contributed by atoms with Gasteiger partial charge in [-0.3, -0.25) is 9.13 Å². The Labute approximate surface area is 139 Å². The molecule has 1 aromatic heterocycles. The summed E-state index contributed by atoms with van der Waals surface area (Å²) >= 11 is 5.94. The van der Waals surface area contributed by atoms with E-state index in [0.29, 0.717) is 11.6 Å². The van der Waals surface area contributed by atoms with Crippen molar-refractivity contribution in [1.29, 1.82) is 0 Å². The predicted octanol–water partition coefficient (Wildman–Crippen LogP) is 3.43. The van der Waals surface area contributed by atoms with Crippen molar-refractivity contribution >= 4 is 17.6 Å². The number of carbonyl (C=O) groups is 1. The Morgan fingerprint density at radius 2 is 2.00 bits per heavy atom. The molecule has 1 aliphatic carbocycles. The fraction of sp³-hybridized carbons (Fsp3) is 0.412. The van der Waals surface area contributed by atoms with Crippen LogP contribution in [0.2, 0.25) is 5.02 Å². The summed E-state index contributed by atoms with van der Waals surface area (Å²) in [6.07, 6.45) is 3.71. The number of aromatic nitrogens is 2. The van der Waals surface area contributed by atoms with Crippen LogP contribution in [-0.4, -0.2) is 21.7 Å². The Kier molecular flexibility index (Phi) is 4.31. The molecule has 0 aliphatic heterocycles. The van der Waals surface area contributed by atoms with Gasteiger partial charge in [-0.05, 0) is 44.4 Å². The zero-order valence-corrected chi connectivity index (χ0v) is 13.9. The third-order valence-corrected chi connectivity index (χ3v) is 4.30. The number of imidazole rings is 1. The lowest BCUT2D eigenvalue weighted by Crippen LogP contribution is -2.30. The molecule has 3 rings (SSSR count). The quantitative estimate of drug-likeness (QED) is 0.787. The fourth-order valence-corrected chi connectivity index (χ4v) is 2.78. The number of carbonyl (C=O) groups excluding carboxylic acids is 1. The molecule has 1 atom stereocenters. The summed E-state index contributed by atoms with van der Waals surface area (Å²) < 4.78 is 8.27. The van der Waals surface area contributed by atoms with Crippen molar-refractivity contribution in [3.05, 3.63) is 46.0 Å². The molecule has 0 N–H and O–H groups in total. The van der Waals surface area contributed by atoms with Crippen LogP contribution in [0.3, 0.4) is 0 Å². The summed E-state index contributed by atoms with van der Waals surface area (Å²) in [7, 11) is 0. The minimum atomic E-state index is -0.645. The second-order valence-electron chi connectivity index (χ2n) is 5.74.